The Morgan fingerprint density at radius 3 is 2.14 bits per heavy atom. The summed E-state index contributed by atoms with van der Waals surface area (Å²) in [7, 11) is 1.28. The van der Waals surface area contributed by atoms with Gasteiger partial charge in [0.25, 0.3) is 0 Å². The predicted molar refractivity (Wildman–Crippen MR) is 19.9 cm³/mol. The number of carbonyl (C=O) groups is 1. The van der Waals surface area contributed by atoms with E-state index in [1.807, 2.05) is 0 Å². The van der Waals surface area contributed by atoms with Gasteiger partial charge in [-0.05, 0) is 0 Å². The number of hydrogen-bond acceptors (Lipinski definition) is 3. The molecule has 0 atom stereocenters. The second-order valence-electron chi connectivity index (χ2n) is 0.742. The number of carbonyl (C=O) groups excluding carboxylic acids is 1. The van der Waals surface area contributed by atoms with Crippen LogP contribution in [0, 0.1) is 0 Å². The first-order valence-electron chi connectivity index (χ1n) is 1.48. The van der Waals surface area contributed by atoms with Crippen LogP contribution in [0.25, 0.3) is 0 Å². The number of hydrogen-bond donors (Lipinski definition) is 0. The van der Waals surface area contributed by atoms with Crippen molar-refractivity contribution in [2.75, 3.05) is 7.11 Å². The van der Waals surface area contributed by atoms with Gasteiger partial charge in [0.2, 0.25) is 0 Å². The summed E-state index contributed by atoms with van der Waals surface area (Å²) in [6.07, 6.45) is 0. The Kier molecular flexibility index (Phi) is 12.1. The minimum Gasteiger partial charge on any atom is -1.00 e. The summed E-state index contributed by atoms with van der Waals surface area (Å²) in [5.74, 6) is -0.433. The standard InChI is InChI=1S/C3H6O3.Cs.H/c1-3(4)6-5-2;;/h1-2H3;;/q;+1;-1. The van der Waals surface area contributed by atoms with Crippen LogP contribution in [0.5, 0.6) is 0 Å². The van der Waals surface area contributed by atoms with E-state index in [1.165, 1.54) is 14.0 Å². The minimum atomic E-state index is -0.433. The molecule has 0 aliphatic heterocycles. The zero-order valence-electron chi connectivity index (χ0n) is 5.72. The van der Waals surface area contributed by atoms with Crippen molar-refractivity contribution < 1.29 is 84.9 Å². The maximum atomic E-state index is 9.70. The maximum Gasteiger partial charge on any atom is 1.00 e. The molecule has 0 heterocycles. The second-order valence-corrected chi connectivity index (χ2v) is 0.742. The molecule has 0 N–H and O–H groups in total. The summed E-state index contributed by atoms with van der Waals surface area (Å²) in [6.45, 7) is 1.27. The quantitative estimate of drug-likeness (QED) is 0.357. The van der Waals surface area contributed by atoms with E-state index in [0.717, 1.165) is 0 Å². The van der Waals surface area contributed by atoms with E-state index < -0.39 is 5.97 Å². The maximum absolute atomic E-state index is 9.70. The Bertz CT molecular complexity index is 58.5. The minimum absolute atomic E-state index is 0. The van der Waals surface area contributed by atoms with Crippen LogP contribution in [0.4, 0.5) is 0 Å². The van der Waals surface area contributed by atoms with E-state index in [-0.39, 0.29) is 70.3 Å². The van der Waals surface area contributed by atoms with Gasteiger partial charge < -0.3 is 1.43 Å². The van der Waals surface area contributed by atoms with Crippen molar-refractivity contribution in [1.29, 1.82) is 0 Å². The summed E-state index contributed by atoms with van der Waals surface area (Å²) in [5.41, 5.74) is 0. The Morgan fingerprint density at radius 1 is 1.71 bits per heavy atom. The smallest absolute Gasteiger partial charge is 1.00 e. The van der Waals surface area contributed by atoms with Gasteiger partial charge in [0.05, 0.1) is 7.11 Å². The summed E-state index contributed by atoms with van der Waals surface area (Å²) < 4.78 is 0. The molecule has 0 spiro atoms. The Labute approximate surface area is 103 Å². The summed E-state index contributed by atoms with van der Waals surface area (Å²) in [4.78, 5) is 17.6. The molecule has 0 aliphatic rings. The molecule has 0 unspecified atom stereocenters. The van der Waals surface area contributed by atoms with Gasteiger partial charge >= 0.3 is 74.9 Å². The molecular weight excluding hydrogens is 217 g/mol. The molecule has 0 aromatic rings. The molecule has 0 amide bonds. The zero-order chi connectivity index (χ0) is 4.99. The molecule has 0 bridgehead atoms. The van der Waals surface area contributed by atoms with Crippen LogP contribution in [-0.4, -0.2) is 13.1 Å². The van der Waals surface area contributed by atoms with Crippen molar-refractivity contribution in [3.63, 3.8) is 0 Å². The van der Waals surface area contributed by atoms with E-state index in [2.05, 4.69) is 9.78 Å². The van der Waals surface area contributed by atoms with Crippen molar-refractivity contribution in [3.05, 3.63) is 0 Å². The summed E-state index contributed by atoms with van der Waals surface area (Å²) in [6, 6.07) is 0. The van der Waals surface area contributed by atoms with E-state index in [0.29, 0.717) is 0 Å². The number of rotatable bonds is 1. The van der Waals surface area contributed by atoms with Crippen LogP contribution in [0.3, 0.4) is 0 Å². The van der Waals surface area contributed by atoms with Crippen LogP contribution in [0.15, 0.2) is 0 Å². The molecule has 0 saturated carbocycles. The largest absolute Gasteiger partial charge is 1.00 e. The van der Waals surface area contributed by atoms with Gasteiger partial charge in [0.1, 0.15) is 0 Å². The molecule has 0 aliphatic carbocycles. The zero-order valence-corrected chi connectivity index (χ0v) is 11.0. The molecule has 0 aromatic carbocycles. The first kappa shape index (κ1) is 11.3. The van der Waals surface area contributed by atoms with E-state index in [9.17, 15) is 4.79 Å². The Balaban J connectivity index is -0.000000125. The third kappa shape index (κ3) is 11.2. The van der Waals surface area contributed by atoms with Crippen LogP contribution in [0.2, 0.25) is 0 Å². The van der Waals surface area contributed by atoms with Gasteiger partial charge in [-0.1, -0.05) is 0 Å². The van der Waals surface area contributed by atoms with E-state index in [1.54, 1.807) is 0 Å². The van der Waals surface area contributed by atoms with Crippen LogP contribution >= 0.6 is 0 Å². The van der Waals surface area contributed by atoms with Crippen LogP contribution in [-0.2, 0) is 14.6 Å². The fourth-order valence-corrected chi connectivity index (χ4v) is 0.117. The third-order valence-electron chi connectivity index (χ3n) is 0.201. The topological polar surface area (TPSA) is 35.5 Å². The van der Waals surface area contributed by atoms with Crippen molar-refractivity contribution >= 4 is 5.97 Å². The molecular formula is C3H7CsO3. The average molecular weight is 224 g/mol. The molecule has 0 rings (SSSR count). The molecule has 7 heavy (non-hydrogen) atoms. The van der Waals surface area contributed by atoms with Gasteiger partial charge in [-0.15, -0.1) is 0 Å². The van der Waals surface area contributed by atoms with Gasteiger partial charge in [-0.25, -0.2) is 4.79 Å². The Hall–Kier alpha value is 1.48. The van der Waals surface area contributed by atoms with Crippen molar-refractivity contribution in [3.8, 4) is 0 Å². The first-order valence-corrected chi connectivity index (χ1v) is 1.48. The van der Waals surface area contributed by atoms with Gasteiger partial charge in [0, 0.05) is 6.92 Å². The molecule has 0 radical (unpaired) electrons. The third-order valence-corrected chi connectivity index (χ3v) is 0.201. The average Bonchev–Trinajstić information content (AvgIpc) is 1.35. The van der Waals surface area contributed by atoms with Crippen LogP contribution < -0.4 is 68.9 Å². The van der Waals surface area contributed by atoms with E-state index in [4.69, 9.17) is 0 Å². The van der Waals surface area contributed by atoms with Gasteiger partial charge in [0.15, 0.2) is 0 Å². The van der Waals surface area contributed by atoms with Gasteiger partial charge in [-0.2, -0.15) is 4.89 Å². The molecule has 3 nitrogen and oxygen atoms in total. The van der Waals surface area contributed by atoms with Crippen molar-refractivity contribution in [2.24, 2.45) is 0 Å². The van der Waals surface area contributed by atoms with Crippen molar-refractivity contribution in [2.45, 2.75) is 6.92 Å². The Morgan fingerprint density at radius 2 is 2.14 bits per heavy atom. The fourth-order valence-electron chi connectivity index (χ4n) is 0.117. The SMILES string of the molecule is COOC(C)=O.[Cs+].[H-]. The fraction of sp³-hybridized carbons (Fsp3) is 0.667. The second kappa shape index (κ2) is 7.48. The molecule has 0 aromatic heterocycles. The van der Waals surface area contributed by atoms with Crippen molar-refractivity contribution in [1.82, 2.24) is 0 Å². The monoisotopic (exact) mass is 224 g/mol. The normalized spacial score (nSPS) is 6.57. The van der Waals surface area contributed by atoms with Gasteiger partial charge in [-0.3, -0.25) is 4.89 Å². The summed E-state index contributed by atoms with van der Waals surface area (Å²) >= 11 is 0. The predicted octanol–water partition coefficient (Wildman–Crippen LogP) is -2.77. The molecule has 4 heteroatoms. The molecule has 0 saturated heterocycles. The van der Waals surface area contributed by atoms with Crippen LogP contribution in [0.1, 0.15) is 8.35 Å². The van der Waals surface area contributed by atoms with E-state index >= 15 is 0 Å². The summed E-state index contributed by atoms with van der Waals surface area (Å²) in [5, 5.41) is 0. The first-order chi connectivity index (χ1) is 2.77. The molecule has 38 valence electrons. The molecule has 0 fully saturated rings.